The maximum absolute atomic E-state index is 11.6. The number of nitrogens with zero attached hydrogens (tertiary/aromatic N) is 4. The van der Waals surface area contributed by atoms with Gasteiger partial charge in [-0.05, 0) is 47.9 Å². The fourth-order valence-electron chi connectivity index (χ4n) is 5.94. The Balaban J connectivity index is 1.45. The van der Waals surface area contributed by atoms with Crippen LogP contribution >= 0.6 is 0 Å². The molecule has 4 atom stereocenters. The molecule has 3 aromatic carbocycles. The molecule has 44 heavy (non-hydrogen) atoms. The van der Waals surface area contributed by atoms with Crippen LogP contribution in [0, 0.1) is 0 Å². The smallest absolute Gasteiger partial charge is 0.167 e. The number of aliphatic hydroxyl groups excluding tert-OH is 2. The molecular formula is C33H35N5O6. The molecule has 2 aromatic heterocycles. The lowest BCUT2D eigenvalue weighted by Crippen LogP contribution is -2.54. The molecule has 2 unspecified atom stereocenters. The molecule has 1 aliphatic heterocycles. The van der Waals surface area contributed by atoms with Crippen molar-refractivity contribution in [1.29, 1.82) is 0 Å². The number of benzene rings is 3. The summed E-state index contributed by atoms with van der Waals surface area (Å²) in [5.41, 5.74) is 6.69. The second kappa shape index (κ2) is 11.9. The third-order valence-corrected chi connectivity index (χ3v) is 8.44. The molecule has 5 aromatic rings. The van der Waals surface area contributed by atoms with Crippen LogP contribution in [0.15, 0.2) is 91.5 Å². The van der Waals surface area contributed by atoms with Crippen LogP contribution in [-0.4, -0.2) is 68.4 Å². The molecule has 1 fully saturated rings. The van der Waals surface area contributed by atoms with Gasteiger partial charge in [-0.25, -0.2) is 15.0 Å². The van der Waals surface area contributed by atoms with Crippen LogP contribution in [0.3, 0.4) is 0 Å². The van der Waals surface area contributed by atoms with Crippen LogP contribution in [-0.2, 0) is 15.1 Å². The summed E-state index contributed by atoms with van der Waals surface area (Å²) in [5.74, 6) is 1.63. The quantitative estimate of drug-likeness (QED) is 0.203. The number of nitrogens with two attached hydrogens (primary N) is 1. The Morgan fingerprint density at radius 1 is 0.932 bits per heavy atom. The Bertz CT molecular complexity index is 1660. The zero-order chi connectivity index (χ0) is 30.9. The number of aromatic nitrogens is 4. The maximum atomic E-state index is 11.6. The van der Waals surface area contributed by atoms with Crippen molar-refractivity contribution >= 4 is 17.0 Å². The van der Waals surface area contributed by atoms with Gasteiger partial charge in [0, 0.05) is 6.42 Å². The molecule has 0 radical (unpaired) electrons. The summed E-state index contributed by atoms with van der Waals surface area (Å²) >= 11 is 0. The van der Waals surface area contributed by atoms with E-state index in [1.807, 2.05) is 78.9 Å². The minimum absolute atomic E-state index is 0.160. The summed E-state index contributed by atoms with van der Waals surface area (Å²) in [6.07, 6.45) is 0.156. The van der Waals surface area contributed by atoms with Crippen molar-refractivity contribution in [3.63, 3.8) is 0 Å². The average Bonchev–Trinajstić information content (AvgIpc) is 3.65. The maximum Gasteiger partial charge on any atom is 0.167 e. The lowest BCUT2D eigenvalue weighted by molar-refractivity contribution is -0.200. The third-order valence-electron chi connectivity index (χ3n) is 8.44. The van der Waals surface area contributed by atoms with Gasteiger partial charge in [0.1, 0.15) is 40.8 Å². The minimum atomic E-state index is -1.50. The number of hydrogen-bond acceptors (Lipinski definition) is 10. The Kier molecular flexibility index (Phi) is 7.95. The van der Waals surface area contributed by atoms with Crippen LogP contribution in [0.4, 0.5) is 5.82 Å². The standard InChI is InChI=1S/C33H35N5O6/c1-21(39)32(27(40)17-28(44-32)38-20-37-29-30(34)35-19-36-31(29)38)18-43-33(22-7-5-4-6-8-22,23-9-13-25(41-2)14-10-23)24-11-15-26(42-3)16-12-24/h4-16,19-21,27-28,39-40H,17-18H2,1-3H3,(H2,34,35,36)/t21?,27-,28?,32-/m0/s1. The highest BCUT2D eigenvalue weighted by atomic mass is 16.6. The Morgan fingerprint density at radius 2 is 1.52 bits per heavy atom. The Morgan fingerprint density at radius 3 is 2.09 bits per heavy atom. The summed E-state index contributed by atoms with van der Waals surface area (Å²) in [4.78, 5) is 12.7. The van der Waals surface area contributed by atoms with Crippen LogP contribution < -0.4 is 15.2 Å². The average molecular weight is 598 g/mol. The van der Waals surface area contributed by atoms with Gasteiger partial charge in [0.15, 0.2) is 11.5 Å². The first-order valence-electron chi connectivity index (χ1n) is 14.3. The number of fused-ring (bicyclic) bond motifs is 1. The number of rotatable bonds is 10. The van der Waals surface area contributed by atoms with Gasteiger partial charge < -0.3 is 34.9 Å². The zero-order valence-electron chi connectivity index (χ0n) is 24.7. The molecule has 228 valence electrons. The van der Waals surface area contributed by atoms with Crippen LogP contribution in [0.25, 0.3) is 11.2 Å². The van der Waals surface area contributed by atoms with E-state index in [2.05, 4.69) is 15.0 Å². The van der Waals surface area contributed by atoms with Gasteiger partial charge in [-0.1, -0.05) is 54.6 Å². The van der Waals surface area contributed by atoms with Crippen molar-refractivity contribution in [1.82, 2.24) is 19.5 Å². The normalized spacial score (nSPS) is 20.9. The van der Waals surface area contributed by atoms with Crippen molar-refractivity contribution in [3.05, 3.63) is 108 Å². The fourth-order valence-corrected chi connectivity index (χ4v) is 5.94. The van der Waals surface area contributed by atoms with E-state index < -0.39 is 29.6 Å². The Labute approximate surface area is 254 Å². The highest BCUT2D eigenvalue weighted by Gasteiger charge is 2.54. The van der Waals surface area contributed by atoms with Crippen molar-refractivity contribution in [2.45, 2.75) is 43.0 Å². The van der Waals surface area contributed by atoms with Crippen molar-refractivity contribution in [2.24, 2.45) is 0 Å². The largest absolute Gasteiger partial charge is 0.497 e. The lowest BCUT2D eigenvalue weighted by atomic mass is 9.79. The van der Waals surface area contributed by atoms with Crippen molar-refractivity contribution in [3.8, 4) is 11.5 Å². The Hall–Kier alpha value is -4.55. The summed E-state index contributed by atoms with van der Waals surface area (Å²) in [6, 6.07) is 25.1. The predicted octanol–water partition coefficient (Wildman–Crippen LogP) is 3.83. The molecule has 3 heterocycles. The van der Waals surface area contributed by atoms with Gasteiger partial charge in [-0.3, -0.25) is 4.57 Å². The van der Waals surface area contributed by atoms with Gasteiger partial charge >= 0.3 is 0 Å². The molecule has 0 bridgehead atoms. The number of imidazole rings is 1. The van der Waals surface area contributed by atoms with Crippen LogP contribution in [0.5, 0.6) is 11.5 Å². The first kappa shape index (κ1) is 29.5. The number of anilines is 1. The van der Waals surface area contributed by atoms with Gasteiger partial charge in [-0.2, -0.15) is 0 Å². The van der Waals surface area contributed by atoms with E-state index >= 15 is 0 Å². The topological polar surface area (TPSA) is 147 Å². The van der Waals surface area contributed by atoms with E-state index in [9.17, 15) is 10.2 Å². The van der Waals surface area contributed by atoms with Gasteiger partial charge in [0.25, 0.3) is 0 Å². The van der Waals surface area contributed by atoms with E-state index in [4.69, 9.17) is 24.7 Å². The summed E-state index contributed by atoms with van der Waals surface area (Å²) in [5, 5.41) is 22.8. The summed E-state index contributed by atoms with van der Waals surface area (Å²) in [7, 11) is 3.23. The number of aliphatic hydroxyl groups is 2. The van der Waals surface area contributed by atoms with Gasteiger partial charge in [0.05, 0.1) is 39.4 Å². The molecule has 6 rings (SSSR count). The number of methoxy groups -OCH3 is 2. The first-order valence-corrected chi connectivity index (χ1v) is 14.3. The number of ether oxygens (including phenoxy) is 4. The lowest BCUT2D eigenvalue weighted by Gasteiger charge is -2.41. The molecule has 4 N–H and O–H groups in total. The molecule has 1 aliphatic rings. The van der Waals surface area contributed by atoms with E-state index in [-0.39, 0.29) is 18.8 Å². The van der Waals surface area contributed by atoms with Gasteiger partial charge in [0.2, 0.25) is 0 Å². The first-order chi connectivity index (χ1) is 21.3. The molecule has 11 heteroatoms. The minimum Gasteiger partial charge on any atom is -0.497 e. The molecule has 1 saturated heterocycles. The van der Waals surface area contributed by atoms with Crippen LogP contribution in [0.2, 0.25) is 0 Å². The van der Waals surface area contributed by atoms with Crippen molar-refractivity contribution in [2.75, 3.05) is 26.6 Å². The van der Waals surface area contributed by atoms with Crippen LogP contribution in [0.1, 0.15) is 36.3 Å². The van der Waals surface area contributed by atoms with E-state index in [0.29, 0.717) is 22.7 Å². The molecule has 0 spiro atoms. The molecule has 11 nitrogen and oxygen atoms in total. The molecular weight excluding hydrogens is 562 g/mol. The fraction of sp³-hybridized carbons (Fsp3) is 0.303. The van der Waals surface area contributed by atoms with E-state index in [0.717, 1.165) is 16.7 Å². The van der Waals surface area contributed by atoms with Gasteiger partial charge in [-0.15, -0.1) is 0 Å². The van der Waals surface area contributed by atoms with Crippen molar-refractivity contribution < 1.29 is 29.2 Å². The second-order valence-corrected chi connectivity index (χ2v) is 10.8. The molecule has 0 amide bonds. The summed E-state index contributed by atoms with van der Waals surface area (Å²) in [6.45, 7) is 1.42. The monoisotopic (exact) mass is 597 g/mol. The third kappa shape index (κ3) is 4.93. The zero-order valence-corrected chi connectivity index (χ0v) is 24.7. The predicted molar refractivity (Wildman–Crippen MR) is 163 cm³/mol. The highest BCUT2D eigenvalue weighted by Crippen LogP contribution is 2.46. The summed E-state index contributed by atoms with van der Waals surface area (Å²) < 4.78 is 26.2. The highest BCUT2D eigenvalue weighted by molar-refractivity contribution is 5.81. The van der Waals surface area contributed by atoms with E-state index in [1.54, 1.807) is 32.0 Å². The number of nitrogen functional groups attached to an aromatic ring is 1. The number of hydrogen-bond donors (Lipinski definition) is 3. The molecule has 0 aliphatic carbocycles. The van der Waals surface area contributed by atoms with E-state index in [1.165, 1.54) is 6.33 Å². The molecule has 0 saturated carbocycles. The second-order valence-electron chi connectivity index (χ2n) is 10.8. The SMILES string of the molecule is COc1ccc(C(OC[C@@]2(C(C)O)OC(n3cnc4c(N)ncnc43)C[C@@H]2O)(c2ccccc2)c2ccc(OC)cc2)cc1.